The van der Waals surface area contributed by atoms with Crippen LogP contribution >= 0.6 is 0 Å². The fraction of sp³-hybridized carbons (Fsp3) is 0.0227. The Morgan fingerprint density at radius 1 is 0.221 bits per heavy atom. The Bertz CT molecular complexity index is 5950. The maximum Gasteiger partial charge on any atom is 0.164 e. The summed E-state index contributed by atoms with van der Waals surface area (Å²) in [7, 11) is 0. The van der Waals surface area contributed by atoms with Crippen LogP contribution < -0.4 is 0 Å². The highest BCUT2D eigenvalue weighted by molar-refractivity contribution is 6.12. The summed E-state index contributed by atoms with van der Waals surface area (Å²) in [5.74, 6) is 1.75. The van der Waals surface area contributed by atoms with E-state index < -0.39 is 0 Å². The van der Waals surface area contributed by atoms with E-state index in [9.17, 15) is 0 Å². The van der Waals surface area contributed by atoms with Crippen molar-refractivity contribution in [3.05, 3.63) is 333 Å². The lowest BCUT2D eigenvalue weighted by atomic mass is 9.87. The Hall–Kier alpha value is -12.6. The van der Waals surface area contributed by atoms with Crippen molar-refractivity contribution in [1.82, 2.24) is 33.6 Å². The molecule has 5 heterocycles. The Morgan fingerprint density at radius 3 is 1.08 bits per heavy atom. The molecule has 0 aliphatic carbocycles. The van der Waals surface area contributed by atoms with Crippen LogP contribution in [0.15, 0.2) is 322 Å². The zero-order valence-electron chi connectivity index (χ0n) is 52.2. The van der Waals surface area contributed by atoms with Gasteiger partial charge in [0.2, 0.25) is 0 Å². The Kier molecular flexibility index (Phi) is 13.2. The predicted octanol–water partition coefficient (Wildman–Crippen LogP) is 22.5. The van der Waals surface area contributed by atoms with Crippen LogP contribution in [0.1, 0.15) is 11.1 Å². The average Bonchev–Trinajstić information content (AvgIpc) is 1.89. The van der Waals surface area contributed by atoms with Crippen molar-refractivity contribution in [3.63, 3.8) is 0 Å². The number of fused-ring (bicyclic) bond motifs is 9. The van der Waals surface area contributed by atoms with Gasteiger partial charge in [-0.3, -0.25) is 0 Å². The molecule has 0 radical (unpaired) electrons. The van der Waals surface area contributed by atoms with Gasteiger partial charge in [0.1, 0.15) is 0 Å². The topological polar surface area (TPSA) is 66.3 Å². The fourth-order valence-corrected chi connectivity index (χ4v) is 14.4. The van der Waals surface area contributed by atoms with E-state index in [0.717, 1.165) is 106 Å². The molecule has 7 heteroatoms. The monoisotopic (exact) mass is 1210 g/mol. The van der Waals surface area contributed by atoms with Gasteiger partial charge in [-0.15, -0.1) is 0 Å². The highest BCUT2D eigenvalue weighted by Crippen LogP contribution is 2.46. The molecule has 0 spiro atoms. The van der Waals surface area contributed by atoms with Crippen molar-refractivity contribution in [2.24, 2.45) is 0 Å². The van der Waals surface area contributed by atoms with Gasteiger partial charge in [-0.05, 0) is 139 Å². The second kappa shape index (κ2) is 22.7. The Balaban J connectivity index is 0.877. The third kappa shape index (κ3) is 9.51. The fourth-order valence-electron chi connectivity index (χ4n) is 14.4. The van der Waals surface area contributed by atoms with Crippen molar-refractivity contribution in [3.8, 4) is 107 Å². The third-order valence-corrected chi connectivity index (χ3v) is 18.8. The summed E-state index contributed by atoms with van der Waals surface area (Å²) in [4.78, 5) is 21.8. The third-order valence-electron chi connectivity index (χ3n) is 18.8. The van der Waals surface area contributed by atoms with Gasteiger partial charge in [0.25, 0.3) is 0 Å². The first kappa shape index (κ1) is 55.3. The number of para-hydroxylation sites is 3. The minimum absolute atomic E-state index is 0.563. The minimum Gasteiger partial charge on any atom is -0.309 e. The second-order valence-electron chi connectivity index (χ2n) is 24.7. The summed E-state index contributed by atoms with van der Waals surface area (Å²) in [6, 6.07) is 115. The van der Waals surface area contributed by atoms with Gasteiger partial charge >= 0.3 is 0 Å². The van der Waals surface area contributed by atoms with Crippen molar-refractivity contribution in [1.29, 1.82) is 0 Å². The maximum atomic E-state index is 5.92. The number of benzene rings is 13. The molecule has 446 valence electrons. The first-order valence-electron chi connectivity index (χ1n) is 32.3. The molecule has 13 aromatic carbocycles. The van der Waals surface area contributed by atoms with Crippen LogP contribution in [0.4, 0.5) is 0 Å². The summed E-state index contributed by atoms with van der Waals surface area (Å²) in [5, 5.41) is 7.32. The number of rotatable bonds is 11. The lowest BCUT2D eigenvalue weighted by Crippen LogP contribution is -2.02. The molecule has 18 rings (SSSR count). The molecule has 0 amide bonds. The van der Waals surface area contributed by atoms with Crippen LogP contribution in [-0.2, 0) is 0 Å². The number of hydrogen-bond donors (Lipinski definition) is 0. The van der Waals surface area contributed by atoms with E-state index in [1.54, 1.807) is 0 Å². The van der Waals surface area contributed by atoms with Crippen LogP contribution in [0.5, 0.6) is 0 Å². The van der Waals surface area contributed by atoms with Crippen molar-refractivity contribution >= 4 is 65.4 Å². The average molecular weight is 1210 g/mol. The van der Waals surface area contributed by atoms with Crippen LogP contribution in [0, 0.1) is 13.8 Å². The zero-order chi connectivity index (χ0) is 63.1. The summed E-state index contributed by atoms with van der Waals surface area (Å²) in [6.45, 7) is 4.33. The van der Waals surface area contributed by atoms with Crippen LogP contribution in [0.2, 0.25) is 0 Å². The molecule has 7 nitrogen and oxygen atoms in total. The SMILES string of the molecule is Cc1ccc2c(c1)c1ccccc1n2-c1ccc(-c2cc(-c3ccccc3-c3nc(-c4ccccc4)nc(-c4ccccc4)n3)c(-c3ccc(-n4c5ccccc5c5cc(-c6ccccc6)ccc54)cc3)c(-c3ccc(-n4c5ccccc5c5cc(C)ccc54)cc3)n2)cc1. The first-order valence-corrected chi connectivity index (χ1v) is 32.3. The van der Waals surface area contributed by atoms with E-state index in [-0.39, 0.29) is 0 Å². The molecule has 0 bridgehead atoms. The molecule has 0 aliphatic heterocycles. The van der Waals surface area contributed by atoms with E-state index >= 15 is 0 Å². The van der Waals surface area contributed by atoms with Crippen LogP contribution in [0.3, 0.4) is 0 Å². The maximum absolute atomic E-state index is 5.92. The number of hydrogen-bond acceptors (Lipinski definition) is 4. The molecule has 0 fully saturated rings. The van der Waals surface area contributed by atoms with E-state index in [2.05, 4.69) is 313 Å². The van der Waals surface area contributed by atoms with E-state index in [1.807, 2.05) is 36.4 Å². The largest absolute Gasteiger partial charge is 0.309 e. The van der Waals surface area contributed by atoms with E-state index in [0.29, 0.717) is 17.5 Å². The van der Waals surface area contributed by atoms with Crippen molar-refractivity contribution in [2.45, 2.75) is 13.8 Å². The van der Waals surface area contributed by atoms with Gasteiger partial charge in [-0.25, -0.2) is 19.9 Å². The normalized spacial score (nSPS) is 11.7. The van der Waals surface area contributed by atoms with Gasteiger partial charge in [-0.1, -0.05) is 236 Å². The Morgan fingerprint density at radius 2 is 0.589 bits per heavy atom. The standard InChI is InChI=1S/C88H59N7/c1-56-34-49-81-73(52-56)69-27-14-17-31-78(69)93(81)65-43-36-59(37-44-65)77-55-76(68-26-12-13-30-72(68)88-91-86(62-22-8-4-9-23-62)90-87(92-88)63-24-10-5-11-25-63)84(85(89-77)61-40-47-67(48-41-61)94-79-32-18-15-28-70(79)74-53-57(2)35-50-82(74)94)60-38-45-66(46-39-60)95-80-33-19-16-29-71(80)75-54-64(42-51-83(75)95)58-20-6-3-7-21-58/h3-55H,1-2H3. The van der Waals surface area contributed by atoms with Gasteiger partial charge in [0.15, 0.2) is 17.5 Å². The molecule has 5 aromatic heterocycles. The van der Waals surface area contributed by atoms with E-state index in [1.165, 1.54) is 60.1 Å². The van der Waals surface area contributed by atoms with E-state index in [4.69, 9.17) is 19.9 Å². The Labute approximate surface area is 549 Å². The number of nitrogens with zero attached hydrogens (tertiary/aromatic N) is 7. The molecule has 0 atom stereocenters. The molecule has 0 saturated heterocycles. The van der Waals surface area contributed by atoms with Crippen LogP contribution in [-0.4, -0.2) is 33.6 Å². The summed E-state index contributed by atoms with van der Waals surface area (Å²) < 4.78 is 7.17. The quantitative estimate of drug-likeness (QED) is 0.129. The first-order chi connectivity index (χ1) is 46.9. The summed E-state index contributed by atoms with van der Waals surface area (Å²) in [5.41, 5.74) is 25.1. The lowest BCUT2D eigenvalue weighted by molar-refractivity contribution is 1.07. The molecule has 0 aliphatic rings. The minimum atomic E-state index is 0.563. The predicted molar refractivity (Wildman–Crippen MR) is 394 cm³/mol. The van der Waals surface area contributed by atoms with Crippen molar-refractivity contribution < 1.29 is 0 Å². The van der Waals surface area contributed by atoms with Crippen molar-refractivity contribution in [2.75, 3.05) is 0 Å². The van der Waals surface area contributed by atoms with Crippen LogP contribution in [0.25, 0.3) is 173 Å². The zero-order valence-corrected chi connectivity index (χ0v) is 52.2. The summed E-state index contributed by atoms with van der Waals surface area (Å²) in [6.07, 6.45) is 0. The molecule has 18 aromatic rings. The molecular weight excluding hydrogens is 1160 g/mol. The summed E-state index contributed by atoms with van der Waals surface area (Å²) >= 11 is 0. The highest BCUT2D eigenvalue weighted by atomic mass is 15.0. The smallest absolute Gasteiger partial charge is 0.164 e. The number of pyridine rings is 1. The highest BCUT2D eigenvalue weighted by Gasteiger charge is 2.25. The molecule has 0 saturated carbocycles. The number of aryl methyl sites for hydroxylation is 2. The molecule has 0 N–H and O–H groups in total. The lowest BCUT2D eigenvalue weighted by Gasteiger charge is -2.21. The second-order valence-corrected chi connectivity index (χ2v) is 24.7. The van der Waals surface area contributed by atoms with Gasteiger partial charge in [-0.2, -0.15) is 0 Å². The van der Waals surface area contributed by atoms with Gasteiger partial charge in [0.05, 0.1) is 44.5 Å². The van der Waals surface area contributed by atoms with Gasteiger partial charge < -0.3 is 13.7 Å². The number of aromatic nitrogens is 7. The molecule has 95 heavy (non-hydrogen) atoms. The van der Waals surface area contributed by atoms with Gasteiger partial charge in [0, 0.05) is 82.8 Å². The molecule has 0 unspecified atom stereocenters. The molecular formula is C88H59N7.